The van der Waals surface area contributed by atoms with E-state index in [0.29, 0.717) is 10.8 Å². The van der Waals surface area contributed by atoms with Gasteiger partial charge < -0.3 is 5.32 Å². The van der Waals surface area contributed by atoms with Crippen LogP contribution < -0.4 is 5.32 Å². The van der Waals surface area contributed by atoms with Gasteiger partial charge in [0.25, 0.3) is 0 Å². The molecule has 14 heavy (non-hydrogen) atoms. The maximum Gasteiger partial charge on any atom is 0.0256 e. The summed E-state index contributed by atoms with van der Waals surface area (Å²) >= 11 is 2.15. The van der Waals surface area contributed by atoms with E-state index in [4.69, 9.17) is 0 Å². The van der Waals surface area contributed by atoms with E-state index in [9.17, 15) is 0 Å². The lowest BCUT2D eigenvalue weighted by molar-refractivity contribution is 0.470. The minimum atomic E-state index is 0.519. The van der Waals surface area contributed by atoms with Crippen molar-refractivity contribution in [3.63, 3.8) is 0 Å². The highest BCUT2D eigenvalue weighted by molar-refractivity contribution is 8.00. The Morgan fingerprint density at radius 1 is 1.50 bits per heavy atom. The van der Waals surface area contributed by atoms with Gasteiger partial charge in [-0.1, -0.05) is 12.2 Å². The van der Waals surface area contributed by atoms with Gasteiger partial charge in [-0.2, -0.15) is 11.8 Å². The van der Waals surface area contributed by atoms with E-state index in [1.807, 2.05) is 0 Å². The van der Waals surface area contributed by atoms with Gasteiger partial charge in [0.05, 0.1) is 0 Å². The maximum absolute atomic E-state index is 3.70. The Balaban J connectivity index is 1.75. The number of nitrogens with one attached hydrogen (secondary N) is 1. The van der Waals surface area contributed by atoms with Crippen LogP contribution in [0.2, 0.25) is 0 Å². The molecule has 0 radical (unpaired) electrons. The quantitative estimate of drug-likeness (QED) is 0.720. The molecule has 2 rings (SSSR count). The Labute approximate surface area is 91.7 Å². The summed E-state index contributed by atoms with van der Waals surface area (Å²) in [6.07, 6.45) is 11.4. The molecule has 0 aromatic heterocycles. The topological polar surface area (TPSA) is 12.0 Å². The summed E-state index contributed by atoms with van der Waals surface area (Å²) in [6.45, 7) is 3.59. The zero-order chi connectivity index (χ0) is 9.86. The molecule has 2 atom stereocenters. The molecular weight excluding hydrogens is 190 g/mol. The summed E-state index contributed by atoms with van der Waals surface area (Å²) in [7, 11) is 0. The van der Waals surface area contributed by atoms with Crippen molar-refractivity contribution < 1.29 is 0 Å². The van der Waals surface area contributed by atoms with E-state index in [2.05, 4.69) is 36.2 Å². The molecule has 1 saturated heterocycles. The number of hydrogen-bond donors (Lipinski definition) is 1. The number of allylic oxidation sites excluding steroid dienone is 1. The fourth-order valence-corrected chi connectivity index (χ4v) is 3.56. The van der Waals surface area contributed by atoms with Crippen molar-refractivity contribution in [2.24, 2.45) is 0 Å². The van der Waals surface area contributed by atoms with Crippen LogP contribution in [0.4, 0.5) is 0 Å². The van der Waals surface area contributed by atoms with Crippen molar-refractivity contribution in [1.82, 2.24) is 5.32 Å². The molecule has 1 aliphatic heterocycles. The van der Waals surface area contributed by atoms with E-state index in [0.717, 1.165) is 0 Å². The third-order valence-electron chi connectivity index (χ3n) is 3.29. The van der Waals surface area contributed by atoms with Gasteiger partial charge in [0.2, 0.25) is 0 Å². The van der Waals surface area contributed by atoms with Gasteiger partial charge in [0.15, 0.2) is 0 Å². The summed E-state index contributed by atoms with van der Waals surface area (Å²) in [4.78, 5) is 0. The number of thioether (sulfide) groups is 1. The number of hydrogen-bond acceptors (Lipinski definition) is 2. The van der Waals surface area contributed by atoms with Crippen molar-refractivity contribution in [3.05, 3.63) is 12.2 Å². The molecule has 0 spiro atoms. The minimum Gasteiger partial charge on any atom is -0.309 e. The molecule has 1 aliphatic carbocycles. The van der Waals surface area contributed by atoms with Crippen LogP contribution in [0.3, 0.4) is 0 Å². The van der Waals surface area contributed by atoms with E-state index in [-0.39, 0.29) is 0 Å². The first-order valence-corrected chi connectivity index (χ1v) is 6.81. The summed E-state index contributed by atoms with van der Waals surface area (Å²) in [5.41, 5.74) is 0. The SMILES string of the molecule is CC1(CNC2C=CCCC2)CCCS1. The molecule has 0 aromatic carbocycles. The molecule has 2 unspecified atom stereocenters. The highest BCUT2D eigenvalue weighted by atomic mass is 32.2. The Bertz CT molecular complexity index is 206. The Kier molecular flexibility index (Phi) is 3.56. The van der Waals surface area contributed by atoms with E-state index >= 15 is 0 Å². The molecule has 0 amide bonds. The first-order valence-electron chi connectivity index (χ1n) is 5.83. The number of rotatable bonds is 3. The van der Waals surface area contributed by atoms with Crippen molar-refractivity contribution in [2.45, 2.75) is 49.8 Å². The highest BCUT2D eigenvalue weighted by Gasteiger charge is 2.29. The molecule has 0 bridgehead atoms. The third-order valence-corrected chi connectivity index (χ3v) is 4.83. The van der Waals surface area contributed by atoms with E-state index in [1.165, 1.54) is 44.4 Å². The fourth-order valence-electron chi connectivity index (χ4n) is 2.31. The highest BCUT2D eigenvalue weighted by Crippen LogP contribution is 2.37. The summed E-state index contributed by atoms with van der Waals surface area (Å²) in [5, 5.41) is 3.70. The molecule has 1 N–H and O–H groups in total. The van der Waals surface area contributed by atoms with E-state index in [1.54, 1.807) is 0 Å². The zero-order valence-corrected chi connectivity index (χ0v) is 9.91. The summed E-state index contributed by atoms with van der Waals surface area (Å²) in [5.74, 6) is 1.36. The molecule has 0 aromatic rings. The molecule has 2 heteroatoms. The molecule has 1 nitrogen and oxygen atoms in total. The average molecular weight is 211 g/mol. The van der Waals surface area contributed by atoms with Crippen molar-refractivity contribution >= 4 is 11.8 Å². The van der Waals surface area contributed by atoms with Gasteiger partial charge in [0, 0.05) is 17.3 Å². The molecule has 2 aliphatic rings. The van der Waals surface area contributed by atoms with Crippen molar-refractivity contribution in [1.29, 1.82) is 0 Å². The first-order chi connectivity index (χ1) is 6.79. The predicted molar refractivity (Wildman–Crippen MR) is 64.9 cm³/mol. The van der Waals surface area contributed by atoms with Crippen LogP contribution in [0.1, 0.15) is 39.0 Å². The van der Waals surface area contributed by atoms with Gasteiger partial charge in [0.1, 0.15) is 0 Å². The second-order valence-electron chi connectivity index (χ2n) is 4.75. The van der Waals surface area contributed by atoms with Crippen LogP contribution >= 0.6 is 11.8 Å². The van der Waals surface area contributed by atoms with Gasteiger partial charge in [-0.25, -0.2) is 0 Å². The van der Waals surface area contributed by atoms with Gasteiger partial charge in [-0.3, -0.25) is 0 Å². The molecule has 1 heterocycles. The molecular formula is C12H21NS. The fraction of sp³-hybridized carbons (Fsp3) is 0.833. The smallest absolute Gasteiger partial charge is 0.0256 e. The Morgan fingerprint density at radius 2 is 2.43 bits per heavy atom. The van der Waals surface area contributed by atoms with Gasteiger partial charge >= 0.3 is 0 Å². The van der Waals surface area contributed by atoms with Crippen LogP contribution in [0.15, 0.2) is 12.2 Å². The van der Waals surface area contributed by atoms with E-state index < -0.39 is 0 Å². The summed E-state index contributed by atoms with van der Waals surface area (Å²) in [6, 6.07) is 0.654. The average Bonchev–Trinajstić information content (AvgIpc) is 2.65. The first kappa shape index (κ1) is 10.6. The minimum absolute atomic E-state index is 0.519. The maximum atomic E-state index is 3.70. The van der Waals surface area contributed by atoms with Crippen LogP contribution in [0.5, 0.6) is 0 Å². The standard InChI is InChI=1S/C12H21NS/c1-12(8-5-9-14-12)10-13-11-6-3-2-4-7-11/h3,6,11,13H,2,4-5,7-10H2,1H3. The van der Waals surface area contributed by atoms with Gasteiger partial charge in [-0.15, -0.1) is 0 Å². The molecule has 1 fully saturated rings. The molecule has 80 valence electrons. The zero-order valence-electron chi connectivity index (χ0n) is 9.09. The second kappa shape index (κ2) is 4.71. The van der Waals surface area contributed by atoms with Crippen LogP contribution in [-0.4, -0.2) is 23.1 Å². The normalized spacial score (nSPS) is 37.6. The largest absolute Gasteiger partial charge is 0.309 e. The van der Waals surface area contributed by atoms with Gasteiger partial charge in [-0.05, 0) is 44.8 Å². The Hall–Kier alpha value is 0.0500. The molecule has 0 saturated carbocycles. The van der Waals surface area contributed by atoms with Crippen molar-refractivity contribution in [3.8, 4) is 0 Å². The lowest BCUT2D eigenvalue weighted by Crippen LogP contribution is -2.39. The predicted octanol–water partition coefficient (Wildman–Crippen LogP) is 2.97. The van der Waals surface area contributed by atoms with Crippen LogP contribution in [0, 0.1) is 0 Å². The van der Waals surface area contributed by atoms with Crippen LogP contribution in [0.25, 0.3) is 0 Å². The lowest BCUT2D eigenvalue weighted by atomic mass is 10.0. The third kappa shape index (κ3) is 2.77. The Morgan fingerprint density at radius 3 is 3.07 bits per heavy atom. The monoisotopic (exact) mass is 211 g/mol. The lowest BCUT2D eigenvalue weighted by Gasteiger charge is -2.27. The second-order valence-corrected chi connectivity index (χ2v) is 6.43. The van der Waals surface area contributed by atoms with Crippen molar-refractivity contribution in [2.75, 3.05) is 12.3 Å². The van der Waals surface area contributed by atoms with Crippen LogP contribution in [-0.2, 0) is 0 Å². The summed E-state index contributed by atoms with van der Waals surface area (Å²) < 4.78 is 0.519.